The highest BCUT2D eigenvalue weighted by molar-refractivity contribution is 5.58. The summed E-state index contributed by atoms with van der Waals surface area (Å²) >= 11 is 0. The monoisotopic (exact) mass is 285 g/mol. The molecular formula is C16H23N5. The van der Waals surface area contributed by atoms with Gasteiger partial charge in [0.15, 0.2) is 0 Å². The lowest BCUT2D eigenvalue weighted by atomic mass is 10.1. The Morgan fingerprint density at radius 1 is 1.19 bits per heavy atom. The van der Waals surface area contributed by atoms with Crippen LogP contribution in [0, 0.1) is 0 Å². The zero-order chi connectivity index (χ0) is 15.1. The van der Waals surface area contributed by atoms with E-state index in [2.05, 4.69) is 52.4 Å². The molecule has 2 heterocycles. The number of aromatic nitrogens is 3. The van der Waals surface area contributed by atoms with Crippen molar-refractivity contribution in [3.8, 4) is 0 Å². The second-order valence-electron chi connectivity index (χ2n) is 4.98. The molecule has 0 amide bonds. The van der Waals surface area contributed by atoms with E-state index in [1.807, 2.05) is 12.3 Å². The second-order valence-corrected chi connectivity index (χ2v) is 4.98. The summed E-state index contributed by atoms with van der Waals surface area (Å²) in [4.78, 5) is 12.9. The first kappa shape index (κ1) is 15.2. The van der Waals surface area contributed by atoms with Gasteiger partial charge in [-0.05, 0) is 31.4 Å². The van der Waals surface area contributed by atoms with Crippen molar-refractivity contribution in [3.63, 3.8) is 0 Å². The van der Waals surface area contributed by atoms with Crippen LogP contribution in [-0.4, -0.2) is 21.5 Å². The van der Waals surface area contributed by atoms with Crippen LogP contribution in [0.25, 0.3) is 0 Å². The molecule has 0 aliphatic carbocycles. The summed E-state index contributed by atoms with van der Waals surface area (Å²) in [5.74, 6) is 1.82. The number of pyridine rings is 1. The first-order valence-electron chi connectivity index (χ1n) is 7.50. The molecule has 2 rings (SSSR count). The molecule has 0 aliphatic rings. The summed E-state index contributed by atoms with van der Waals surface area (Å²) in [6.45, 7) is 7.29. The minimum absolute atomic E-state index is 0.151. The van der Waals surface area contributed by atoms with Gasteiger partial charge in [-0.2, -0.15) is 0 Å². The van der Waals surface area contributed by atoms with Crippen molar-refractivity contribution in [1.29, 1.82) is 0 Å². The second kappa shape index (κ2) is 7.57. The molecule has 0 fully saturated rings. The van der Waals surface area contributed by atoms with Gasteiger partial charge in [-0.15, -0.1) is 0 Å². The molecule has 21 heavy (non-hydrogen) atoms. The molecule has 0 spiro atoms. The van der Waals surface area contributed by atoms with Crippen LogP contribution in [0.2, 0.25) is 0 Å². The van der Waals surface area contributed by atoms with Crippen LogP contribution in [-0.2, 0) is 6.42 Å². The van der Waals surface area contributed by atoms with E-state index in [9.17, 15) is 0 Å². The highest BCUT2D eigenvalue weighted by Gasteiger charge is 2.12. The fourth-order valence-corrected chi connectivity index (χ4v) is 2.19. The van der Waals surface area contributed by atoms with Crippen molar-refractivity contribution in [1.82, 2.24) is 15.0 Å². The van der Waals surface area contributed by atoms with Crippen LogP contribution >= 0.6 is 0 Å². The van der Waals surface area contributed by atoms with E-state index in [0.29, 0.717) is 0 Å². The maximum absolute atomic E-state index is 4.40. The lowest BCUT2D eigenvalue weighted by Crippen LogP contribution is -2.13. The van der Waals surface area contributed by atoms with Gasteiger partial charge < -0.3 is 10.6 Å². The number of hydrogen-bond donors (Lipinski definition) is 2. The molecular weight excluding hydrogens is 262 g/mol. The average Bonchev–Trinajstić information content (AvgIpc) is 2.53. The molecule has 2 aromatic rings. The summed E-state index contributed by atoms with van der Waals surface area (Å²) in [6, 6.07) is 4.16. The molecule has 0 bridgehead atoms. The highest BCUT2D eigenvalue weighted by Crippen LogP contribution is 2.24. The van der Waals surface area contributed by atoms with Crippen LogP contribution in [0.15, 0.2) is 30.9 Å². The van der Waals surface area contributed by atoms with E-state index in [0.717, 1.165) is 42.1 Å². The highest BCUT2D eigenvalue weighted by atomic mass is 15.1. The summed E-state index contributed by atoms with van der Waals surface area (Å²) in [7, 11) is 0. The molecule has 5 nitrogen and oxygen atoms in total. The first-order chi connectivity index (χ1) is 10.3. The molecule has 1 unspecified atom stereocenters. The minimum atomic E-state index is 0.151. The van der Waals surface area contributed by atoms with Gasteiger partial charge >= 0.3 is 0 Å². The lowest BCUT2D eigenvalue weighted by molar-refractivity contribution is 0.854. The number of hydrogen-bond acceptors (Lipinski definition) is 5. The van der Waals surface area contributed by atoms with Crippen molar-refractivity contribution in [2.45, 2.75) is 39.7 Å². The molecule has 2 N–H and O–H groups in total. The Morgan fingerprint density at radius 2 is 2.00 bits per heavy atom. The van der Waals surface area contributed by atoms with E-state index in [1.54, 1.807) is 12.5 Å². The van der Waals surface area contributed by atoms with Gasteiger partial charge in [-0.25, -0.2) is 9.97 Å². The Kier molecular flexibility index (Phi) is 5.49. The average molecular weight is 285 g/mol. The molecule has 0 aliphatic heterocycles. The number of anilines is 2. The lowest BCUT2D eigenvalue weighted by Gasteiger charge is -2.18. The Labute approximate surface area is 126 Å². The standard InChI is InChI=1S/C16H23N5/c1-4-8-18-15-14(5-2)16(20-11-19-15)21-12(3)13-7-6-9-17-10-13/h6-7,9-12H,4-5,8H2,1-3H3,(H2,18,19,20,21). The van der Waals surface area contributed by atoms with Gasteiger partial charge in [-0.3, -0.25) is 4.98 Å². The molecule has 1 atom stereocenters. The number of rotatable bonds is 7. The normalized spacial score (nSPS) is 12.0. The fourth-order valence-electron chi connectivity index (χ4n) is 2.19. The largest absolute Gasteiger partial charge is 0.370 e. The van der Waals surface area contributed by atoms with Gasteiger partial charge in [0.2, 0.25) is 0 Å². The molecule has 2 aromatic heterocycles. The van der Waals surface area contributed by atoms with Gasteiger partial charge in [0.1, 0.15) is 18.0 Å². The van der Waals surface area contributed by atoms with Gasteiger partial charge in [0.25, 0.3) is 0 Å². The van der Waals surface area contributed by atoms with Crippen LogP contribution in [0.3, 0.4) is 0 Å². The Morgan fingerprint density at radius 3 is 2.67 bits per heavy atom. The minimum Gasteiger partial charge on any atom is -0.370 e. The Hall–Kier alpha value is -2.17. The van der Waals surface area contributed by atoms with Crippen LogP contribution in [0.5, 0.6) is 0 Å². The molecule has 0 radical (unpaired) electrons. The quantitative estimate of drug-likeness (QED) is 0.816. The zero-order valence-corrected chi connectivity index (χ0v) is 12.9. The van der Waals surface area contributed by atoms with E-state index >= 15 is 0 Å². The third-order valence-corrected chi connectivity index (χ3v) is 3.38. The molecule has 112 valence electrons. The summed E-state index contributed by atoms with van der Waals surface area (Å²) < 4.78 is 0. The van der Waals surface area contributed by atoms with Crippen molar-refractivity contribution >= 4 is 11.6 Å². The van der Waals surface area contributed by atoms with Crippen molar-refractivity contribution in [3.05, 3.63) is 42.0 Å². The van der Waals surface area contributed by atoms with Crippen molar-refractivity contribution in [2.75, 3.05) is 17.2 Å². The van der Waals surface area contributed by atoms with E-state index < -0.39 is 0 Å². The van der Waals surface area contributed by atoms with Gasteiger partial charge in [-0.1, -0.05) is 19.9 Å². The topological polar surface area (TPSA) is 62.7 Å². The summed E-state index contributed by atoms with van der Waals surface area (Å²) in [6.07, 6.45) is 7.22. The van der Waals surface area contributed by atoms with Crippen molar-refractivity contribution < 1.29 is 0 Å². The van der Waals surface area contributed by atoms with Crippen LogP contribution in [0.1, 0.15) is 44.4 Å². The summed E-state index contributed by atoms with van der Waals surface area (Å²) in [5.41, 5.74) is 2.27. The fraction of sp³-hybridized carbons (Fsp3) is 0.438. The zero-order valence-electron chi connectivity index (χ0n) is 12.9. The number of nitrogens with one attached hydrogen (secondary N) is 2. The SMILES string of the molecule is CCCNc1ncnc(NC(C)c2cccnc2)c1CC. The number of nitrogens with zero attached hydrogens (tertiary/aromatic N) is 3. The first-order valence-corrected chi connectivity index (χ1v) is 7.50. The van der Waals surface area contributed by atoms with Crippen LogP contribution < -0.4 is 10.6 Å². The maximum atomic E-state index is 4.40. The molecule has 0 saturated heterocycles. The molecule has 0 aromatic carbocycles. The predicted molar refractivity (Wildman–Crippen MR) is 86.5 cm³/mol. The molecule has 0 saturated carbocycles. The maximum Gasteiger partial charge on any atom is 0.135 e. The van der Waals surface area contributed by atoms with E-state index in [1.165, 1.54) is 0 Å². The van der Waals surface area contributed by atoms with Crippen molar-refractivity contribution in [2.24, 2.45) is 0 Å². The third kappa shape index (κ3) is 3.90. The Balaban J connectivity index is 2.19. The molecule has 5 heteroatoms. The van der Waals surface area contributed by atoms with Gasteiger partial charge in [0, 0.05) is 24.5 Å². The predicted octanol–water partition coefficient (Wildman–Crippen LogP) is 3.43. The Bertz CT molecular complexity index is 556. The van der Waals surface area contributed by atoms with Gasteiger partial charge in [0.05, 0.1) is 6.04 Å². The third-order valence-electron chi connectivity index (χ3n) is 3.38. The van der Waals surface area contributed by atoms with E-state index in [4.69, 9.17) is 0 Å². The van der Waals surface area contributed by atoms with E-state index in [-0.39, 0.29) is 6.04 Å². The smallest absolute Gasteiger partial charge is 0.135 e. The van der Waals surface area contributed by atoms with Crippen LogP contribution in [0.4, 0.5) is 11.6 Å². The summed E-state index contributed by atoms with van der Waals surface area (Å²) in [5, 5.41) is 6.83.